The summed E-state index contributed by atoms with van der Waals surface area (Å²) in [4.78, 5) is 12.8. The average Bonchev–Trinajstić information content (AvgIpc) is 2.87. The van der Waals surface area contributed by atoms with E-state index in [1.54, 1.807) is 42.5 Å². The normalized spacial score (nSPS) is 11.0. The van der Waals surface area contributed by atoms with Crippen molar-refractivity contribution in [2.75, 3.05) is 31.1 Å². The second kappa shape index (κ2) is 12.1. The third-order valence-electron chi connectivity index (χ3n) is 5.18. The highest BCUT2D eigenvalue weighted by atomic mass is 32.2. The van der Waals surface area contributed by atoms with Crippen molar-refractivity contribution in [2.45, 2.75) is 24.7 Å². The molecule has 1 N–H and O–H groups in total. The van der Waals surface area contributed by atoms with Gasteiger partial charge in [-0.05, 0) is 73.9 Å². The lowest BCUT2D eigenvalue weighted by Gasteiger charge is -2.24. The Kier molecular flexibility index (Phi) is 8.93. The molecule has 0 saturated heterocycles. The molecule has 34 heavy (non-hydrogen) atoms. The molecule has 0 radical (unpaired) electrons. The van der Waals surface area contributed by atoms with Gasteiger partial charge in [-0.3, -0.25) is 9.10 Å². The van der Waals surface area contributed by atoms with Crippen LogP contribution in [0.4, 0.5) is 5.69 Å². The van der Waals surface area contributed by atoms with Crippen LogP contribution in [0.3, 0.4) is 0 Å². The van der Waals surface area contributed by atoms with Crippen molar-refractivity contribution in [2.24, 2.45) is 0 Å². The van der Waals surface area contributed by atoms with E-state index in [0.29, 0.717) is 24.6 Å². The van der Waals surface area contributed by atoms with Gasteiger partial charge < -0.3 is 14.8 Å². The predicted octanol–water partition coefficient (Wildman–Crippen LogP) is 4.04. The molecule has 0 fully saturated rings. The first-order valence-electron chi connectivity index (χ1n) is 11.1. The Balaban J connectivity index is 1.64. The van der Waals surface area contributed by atoms with Crippen molar-refractivity contribution in [3.05, 3.63) is 84.4 Å². The van der Waals surface area contributed by atoms with Crippen LogP contribution in [-0.4, -0.2) is 41.1 Å². The van der Waals surface area contributed by atoms with E-state index in [4.69, 9.17) is 9.47 Å². The summed E-state index contributed by atoms with van der Waals surface area (Å²) in [6, 6.07) is 22.5. The third kappa shape index (κ3) is 6.74. The summed E-state index contributed by atoms with van der Waals surface area (Å²) >= 11 is 0. The summed E-state index contributed by atoms with van der Waals surface area (Å²) in [6.07, 6.45) is 1.52. The summed E-state index contributed by atoms with van der Waals surface area (Å²) in [6.45, 7) is 2.68. The molecule has 0 atom stereocenters. The quantitative estimate of drug-likeness (QED) is 0.394. The number of ether oxygens (including phenoxy) is 2. The molecular weight excluding hydrogens is 452 g/mol. The van der Waals surface area contributed by atoms with E-state index in [9.17, 15) is 13.2 Å². The van der Waals surface area contributed by atoms with E-state index in [1.807, 2.05) is 31.2 Å². The first kappa shape index (κ1) is 25.1. The number of hydrogen-bond donors (Lipinski definition) is 1. The molecule has 0 unspecified atom stereocenters. The Bertz CT molecular complexity index is 1150. The standard InChI is InChI=1S/C26H30N2O5S/c1-3-33-24-15-11-21(12-16-24)8-7-19-27-26(29)20-28(22-13-17-23(32-2)18-14-22)34(30,31)25-9-5-4-6-10-25/h4-6,9-18H,3,7-8,19-20H2,1-2H3,(H,27,29). The van der Waals surface area contributed by atoms with Gasteiger partial charge in [-0.25, -0.2) is 8.42 Å². The highest BCUT2D eigenvalue weighted by Crippen LogP contribution is 2.25. The molecule has 0 aromatic heterocycles. The number of carbonyl (C=O) groups excluding carboxylic acids is 1. The summed E-state index contributed by atoms with van der Waals surface area (Å²) in [5.41, 5.74) is 1.53. The molecule has 180 valence electrons. The van der Waals surface area contributed by atoms with Crippen molar-refractivity contribution in [1.29, 1.82) is 0 Å². The van der Waals surface area contributed by atoms with E-state index in [0.717, 1.165) is 28.5 Å². The van der Waals surface area contributed by atoms with Crippen LogP contribution >= 0.6 is 0 Å². The zero-order valence-electron chi connectivity index (χ0n) is 19.4. The second-order valence-corrected chi connectivity index (χ2v) is 9.42. The molecule has 7 nitrogen and oxygen atoms in total. The van der Waals surface area contributed by atoms with Gasteiger partial charge in [-0.15, -0.1) is 0 Å². The maximum atomic E-state index is 13.3. The number of aryl methyl sites for hydroxylation is 1. The zero-order chi connectivity index (χ0) is 24.4. The van der Waals surface area contributed by atoms with Gasteiger partial charge >= 0.3 is 0 Å². The highest BCUT2D eigenvalue weighted by molar-refractivity contribution is 7.92. The molecule has 3 rings (SSSR count). The molecule has 0 spiro atoms. The lowest BCUT2D eigenvalue weighted by molar-refractivity contribution is -0.119. The molecule has 0 bridgehead atoms. The van der Waals surface area contributed by atoms with E-state index in [-0.39, 0.29) is 17.3 Å². The Labute approximate surface area is 201 Å². The van der Waals surface area contributed by atoms with Crippen LogP contribution in [-0.2, 0) is 21.2 Å². The van der Waals surface area contributed by atoms with Crippen molar-refractivity contribution in [3.63, 3.8) is 0 Å². The van der Waals surface area contributed by atoms with Gasteiger partial charge in [0.05, 0.1) is 24.3 Å². The monoisotopic (exact) mass is 482 g/mol. The molecular formula is C26H30N2O5S. The number of methoxy groups -OCH3 is 1. The van der Waals surface area contributed by atoms with Gasteiger partial charge in [-0.1, -0.05) is 30.3 Å². The minimum absolute atomic E-state index is 0.120. The lowest BCUT2D eigenvalue weighted by atomic mass is 10.1. The first-order chi connectivity index (χ1) is 16.4. The molecule has 1 amide bonds. The third-order valence-corrected chi connectivity index (χ3v) is 6.97. The molecule has 3 aromatic rings. The number of nitrogens with one attached hydrogen (secondary N) is 1. The summed E-state index contributed by atoms with van der Waals surface area (Å²) < 4.78 is 38.4. The van der Waals surface area contributed by atoms with Crippen molar-refractivity contribution in [3.8, 4) is 11.5 Å². The summed E-state index contributed by atoms with van der Waals surface area (Å²) in [5.74, 6) is 1.05. The van der Waals surface area contributed by atoms with Crippen LogP contribution in [0, 0.1) is 0 Å². The smallest absolute Gasteiger partial charge is 0.264 e. The van der Waals surface area contributed by atoms with Crippen LogP contribution in [0.15, 0.2) is 83.8 Å². The van der Waals surface area contributed by atoms with Crippen LogP contribution in [0.25, 0.3) is 0 Å². The molecule has 8 heteroatoms. The predicted molar refractivity (Wildman–Crippen MR) is 133 cm³/mol. The second-order valence-electron chi connectivity index (χ2n) is 7.55. The van der Waals surface area contributed by atoms with Gasteiger partial charge in [0.1, 0.15) is 18.0 Å². The van der Waals surface area contributed by atoms with Crippen LogP contribution in [0.5, 0.6) is 11.5 Å². The van der Waals surface area contributed by atoms with Gasteiger partial charge in [0.2, 0.25) is 5.91 Å². The van der Waals surface area contributed by atoms with Crippen molar-refractivity contribution < 1.29 is 22.7 Å². The van der Waals surface area contributed by atoms with Crippen LogP contribution < -0.4 is 19.1 Å². The number of benzene rings is 3. The average molecular weight is 483 g/mol. The van der Waals surface area contributed by atoms with Crippen LogP contribution in [0.1, 0.15) is 18.9 Å². The number of nitrogens with zero attached hydrogens (tertiary/aromatic N) is 1. The zero-order valence-corrected chi connectivity index (χ0v) is 20.3. The lowest BCUT2D eigenvalue weighted by Crippen LogP contribution is -2.41. The fraction of sp³-hybridized carbons (Fsp3) is 0.269. The summed E-state index contributed by atoms with van der Waals surface area (Å²) in [5, 5.41) is 2.84. The van der Waals surface area contributed by atoms with E-state index >= 15 is 0 Å². The highest BCUT2D eigenvalue weighted by Gasteiger charge is 2.27. The minimum atomic E-state index is -3.93. The van der Waals surface area contributed by atoms with E-state index in [2.05, 4.69) is 5.32 Å². The molecule has 0 aliphatic heterocycles. The fourth-order valence-electron chi connectivity index (χ4n) is 3.41. The maximum absolute atomic E-state index is 13.3. The number of carbonyl (C=O) groups is 1. The number of hydrogen-bond acceptors (Lipinski definition) is 5. The molecule has 3 aromatic carbocycles. The topological polar surface area (TPSA) is 84.9 Å². The number of sulfonamides is 1. The van der Waals surface area contributed by atoms with Crippen molar-refractivity contribution in [1.82, 2.24) is 5.32 Å². The van der Waals surface area contributed by atoms with Gasteiger partial charge in [0.15, 0.2) is 0 Å². The number of anilines is 1. The Morgan fingerprint density at radius 1 is 0.912 bits per heavy atom. The Hall–Kier alpha value is -3.52. The minimum Gasteiger partial charge on any atom is -0.497 e. The largest absolute Gasteiger partial charge is 0.497 e. The van der Waals surface area contributed by atoms with Crippen LogP contribution in [0.2, 0.25) is 0 Å². The Morgan fingerprint density at radius 2 is 1.56 bits per heavy atom. The van der Waals surface area contributed by atoms with Gasteiger partial charge in [0.25, 0.3) is 10.0 Å². The molecule has 0 aliphatic rings. The maximum Gasteiger partial charge on any atom is 0.264 e. The Morgan fingerprint density at radius 3 is 2.18 bits per heavy atom. The molecule has 0 heterocycles. The SMILES string of the molecule is CCOc1ccc(CCCNC(=O)CN(c2ccc(OC)cc2)S(=O)(=O)c2ccccc2)cc1. The first-order valence-corrected chi connectivity index (χ1v) is 12.6. The summed E-state index contributed by atoms with van der Waals surface area (Å²) in [7, 11) is -2.40. The van der Waals surface area contributed by atoms with Gasteiger partial charge in [-0.2, -0.15) is 0 Å². The molecule has 0 saturated carbocycles. The molecule has 0 aliphatic carbocycles. The van der Waals surface area contributed by atoms with E-state index < -0.39 is 10.0 Å². The van der Waals surface area contributed by atoms with E-state index in [1.165, 1.54) is 19.2 Å². The number of rotatable bonds is 12. The van der Waals surface area contributed by atoms with Crippen molar-refractivity contribution >= 4 is 21.6 Å². The fourth-order valence-corrected chi connectivity index (χ4v) is 4.85. The number of amides is 1. The van der Waals surface area contributed by atoms with Gasteiger partial charge in [0, 0.05) is 6.54 Å².